The Bertz CT molecular complexity index is 639. The lowest BCUT2D eigenvalue weighted by molar-refractivity contribution is 0.183. The molecule has 21 heavy (non-hydrogen) atoms. The van der Waals surface area contributed by atoms with Gasteiger partial charge in [0.2, 0.25) is 10.0 Å². The summed E-state index contributed by atoms with van der Waals surface area (Å²) >= 11 is 0. The van der Waals surface area contributed by atoms with E-state index in [1.165, 1.54) is 12.8 Å². The van der Waals surface area contributed by atoms with Crippen molar-refractivity contribution in [3.63, 3.8) is 0 Å². The molecule has 3 unspecified atom stereocenters. The van der Waals surface area contributed by atoms with E-state index in [4.69, 9.17) is 9.88 Å². The highest BCUT2D eigenvalue weighted by molar-refractivity contribution is 7.89. The van der Waals surface area contributed by atoms with Gasteiger partial charge in [-0.1, -0.05) is 6.42 Å². The number of ether oxygens (including phenoxy) is 1. The van der Waals surface area contributed by atoms with Crippen molar-refractivity contribution in [1.82, 2.24) is 0 Å². The summed E-state index contributed by atoms with van der Waals surface area (Å²) < 4.78 is 55.1. The number of benzene rings is 1. The number of nitrogens with two attached hydrogens (primary N) is 1. The number of primary sulfonamides is 1. The summed E-state index contributed by atoms with van der Waals surface area (Å²) in [5, 5.41) is 4.86. The van der Waals surface area contributed by atoms with Crippen molar-refractivity contribution in [1.29, 1.82) is 0 Å². The van der Waals surface area contributed by atoms with Gasteiger partial charge in [-0.3, -0.25) is 0 Å². The first-order valence-electron chi connectivity index (χ1n) is 6.99. The summed E-state index contributed by atoms with van der Waals surface area (Å²) in [6.07, 6.45) is 4.63. The Morgan fingerprint density at radius 2 is 1.86 bits per heavy atom. The van der Waals surface area contributed by atoms with E-state index in [0.717, 1.165) is 18.8 Å². The van der Waals surface area contributed by atoms with E-state index in [-0.39, 0.29) is 6.61 Å². The average molecular weight is 317 g/mol. The van der Waals surface area contributed by atoms with Gasteiger partial charge in [-0.2, -0.15) is 0 Å². The third-order valence-corrected chi connectivity index (χ3v) is 5.52. The Balaban J connectivity index is 1.74. The first-order valence-corrected chi connectivity index (χ1v) is 8.54. The van der Waals surface area contributed by atoms with Gasteiger partial charge in [0.1, 0.15) is 0 Å². The molecule has 2 N–H and O–H groups in total. The number of hydrogen-bond acceptors (Lipinski definition) is 3. The zero-order chi connectivity index (χ0) is 15.2. The van der Waals surface area contributed by atoms with Crippen molar-refractivity contribution >= 4 is 10.0 Å². The van der Waals surface area contributed by atoms with Crippen LogP contribution in [0.2, 0.25) is 0 Å². The van der Waals surface area contributed by atoms with E-state index in [9.17, 15) is 17.2 Å². The summed E-state index contributed by atoms with van der Waals surface area (Å²) in [6.45, 7) is 0.268. The summed E-state index contributed by atoms with van der Waals surface area (Å²) in [4.78, 5) is -0.593. The van der Waals surface area contributed by atoms with Crippen LogP contribution in [-0.2, 0) is 10.0 Å². The maximum absolute atomic E-state index is 13.8. The van der Waals surface area contributed by atoms with E-state index in [2.05, 4.69) is 0 Å². The SMILES string of the molecule is NS(=O)(=O)c1cc(F)c(OCC2CC3CCC2C3)c(F)c1. The lowest BCUT2D eigenvalue weighted by Crippen LogP contribution is -2.19. The minimum absolute atomic E-state index is 0.268. The molecule has 116 valence electrons. The van der Waals surface area contributed by atoms with Gasteiger partial charge in [0, 0.05) is 0 Å². The van der Waals surface area contributed by atoms with Crippen molar-refractivity contribution in [3.8, 4) is 5.75 Å². The largest absolute Gasteiger partial charge is 0.487 e. The summed E-state index contributed by atoms with van der Waals surface area (Å²) in [5.41, 5.74) is 0. The smallest absolute Gasteiger partial charge is 0.238 e. The van der Waals surface area contributed by atoms with Crippen LogP contribution in [0.5, 0.6) is 5.75 Å². The van der Waals surface area contributed by atoms with Gasteiger partial charge in [-0.15, -0.1) is 0 Å². The predicted molar refractivity (Wildman–Crippen MR) is 72.2 cm³/mol. The first kappa shape index (κ1) is 14.7. The Morgan fingerprint density at radius 1 is 1.19 bits per heavy atom. The van der Waals surface area contributed by atoms with Crippen LogP contribution < -0.4 is 9.88 Å². The zero-order valence-electron chi connectivity index (χ0n) is 11.4. The highest BCUT2D eigenvalue weighted by Gasteiger charge is 2.39. The van der Waals surface area contributed by atoms with E-state index in [1.807, 2.05) is 0 Å². The second kappa shape index (κ2) is 5.21. The Labute approximate surface area is 122 Å². The molecule has 7 heteroatoms. The fourth-order valence-corrected chi connectivity index (χ4v) is 4.15. The van der Waals surface area contributed by atoms with Crippen LogP contribution in [0.3, 0.4) is 0 Å². The quantitative estimate of drug-likeness (QED) is 0.927. The van der Waals surface area contributed by atoms with Gasteiger partial charge in [0.15, 0.2) is 17.4 Å². The number of rotatable bonds is 4. The van der Waals surface area contributed by atoms with Crippen LogP contribution >= 0.6 is 0 Å². The molecule has 4 nitrogen and oxygen atoms in total. The Hall–Kier alpha value is -1.21. The Kier molecular flexibility index (Phi) is 3.65. The van der Waals surface area contributed by atoms with Gasteiger partial charge >= 0.3 is 0 Å². The summed E-state index contributed by atoms with van der Waals surface area (Å²) in [7, 11) is -4.14. The minimum Gasteiger partial charge on any atom is -0.487 e. The topological polar surface area (TPSA) is 69.4 Å². The highest BCUT2D eigenvalue weighted by atomic mass is 32.2. The monoisotopic (exact) mass is 317 g/mol. The fourth-order valence-electron chi connectivity index (χ4n) is 3.61. The molecule has 0 aromatic heterocycles. The molecule has 0 spiro atoms. The third-order valence-electron chi connectivity index (χ3n) is 4.63. The number of fused-ring (bicyclic) bond motifs is 2. The van der Waals surface area contributed by atoms with E-state index in [1.54, 1.807) is 0 Å². The second-order valence-corrected chi connectivity index (χ2v) is 7.57. The number of hydrogen-bond donors (Lipinski definition) is 1. The standard InChI is InChI=1S/C14H17F2NO3S/c15-12-5-11(21(17,18)19)6-13(16)14(12)20-7-10-4-8-1-2-9(10)3-8/h5-6,8-10H,1-4,7H2,(H2,17,18,19). The molecule has 3 atom stereocenters. The van der Waals surface area contributed by atoms with E-state index < -0.39 is 32.3 Å². The molecule has 0 saturated heterocycles. The van der Waals surface area contributed by atoms with E-state index >= 15 is 0 Å². The molecule has 0 heterocycles. The lowest BCUT2D eigenvalue weighted by atomic mass is 9.89. The maximum Gasteiger partial charge on any atom is 0.238 e. The molecule has 1 aromatic carbocycles. The van der Waals surface area contributed by atoms with Crippen LogP contribution in [0, 0.1) is 29.4 Å². The second-order valence-electron chi connectivity index (χ2n) is 6.01. The maximum atomic E-state index is 13.8. The van der Waals surface area contributed by atoms with Gasteiger partial charge in [0.25, 0.3) is 0 Å². The van der Waals surface area contributed by atoms with Crippen molar-refractivity contribution in [2.24, 2.45) is 22.9 Å². The van der Waals surface area contributed by atoms with Crippen LogP contribution in [0.25, 0.3) is 0 Å². The molecule has 3 rings (SSSR count). The van der Waals surface area contributed by atoms with Gasteiger partial charge in [-0.05, 0) is 49.1 Å². The van der Waals surface area contributed by atoms with Crippen LogP contribution in [0.4, 0.5) is 8.78 Å². The molecule has 2 aliphatic rings. The van der Waals surface area contributed by atoms with Gasteiger partial charge < -0.3 is 4.74 Å². The Morgan fingerprint density at radius 3 is 2.33 bits per heavy atom. The number of sulfonamides is 1. The van der Waals surface area contributed by atoms with Gasteiger partial charge in [-0.25, -0.2) is 22.3 Å². The average Bonchev–Trinajstić information content (AvgIpc) is 2.98. The van der Waals surface area contributed by atoms with Gasteiger partial charge in [0.05, 0.1) is 11.5 Å². The molecule has 2 fully saturated rings. The van der Waals surface area contributed by atoms with Crippen molar-refractivity contribution < 1.29 is 21.9 Å². The molecular weight excluding hydrogens is 300 g/mol. The van der Waals surface area contributed by atoms with Crippen LogP contribution in [0.1, 0.15) is 25.7 Å². The van der Waals surface area contributed by atoms with Crippen molar-refractivity contribution in [2.45, 2.75) is 30.6 Å². The summed E-state index contributed by atoms with van der Waals surface area (Å²) in [5.74, 6) is -0.956. The fraction of sp³-hybridized carbons (Fsp3) is 0.571. The number of halogens is 2. The molecule has 2 saturated carbocycles. The summed E-state index contributed by atoms with van der Waals surface area (Å²) in [6, 6.07) is 1.38. The predicted octanol–water partition coefficient (Wildman–Crippen LogP) is 2.43. The highest BCUT2D eigenvalue weighted by Crippen LogP contribution is 2.48. The minimum atomic E-state index is -4.14. The normalized spacial score (nSPS) is 28.0. The molecule has 2 bridgehead atoms. The molecule has 0 radical (unpaired) electrons. The van der Waals surface area contributed by atoms with E-state index in [0.29, 0.717) is 24.0 Å². The molecule has 2 aliphatic carbocycles. The molecular formula is C14H17F2NO3S. The molecule has 0 amide bonds. The zero-order valence-corrected chi connectivity index (χ0v) is 12.2. The van der Waals surface area contributed by atoms with Crippen molar-refractivity contribution in [2.75, 3.05) is 6.61 Å². The molecule has 1 aromatic rings. The third kappa shape index (κ3) is 2.89. The van der Waals surface area contributed by atoms with Crippen LogP contribution in [0.15, 0.2) is 17.0 Å². The van der Waals surface area contributed by atoms with Crippen molar-refractivity contribution in [3.05, 3.63) is 23.8 Å². The lowest BCUT2D eigenvalue weighted by Gasteiger charge is -2.22. The van der Waals surface area contributed by atoms with Crippen LogP contribution in [-0.4, -0.2) is 15.0 Å². The molecule has 0 aliphatic heterocycles. The first-order chi connectivity index (χ1) is 9.84.